The van der Waals surface area contributed by atoms with E-state index in [-0.39, 0.29) is 12.2 Å². The van der Waals surface area contributed by atoms with Crippen LogP contribution in [-0.2, 0) is 4.74 Å². The molecule has 3 atom stereocenters. The molecule has 16 heavy (non-hydrogen) atoms. The van der Waals surface area contributed by atoms with Crippen LogP contribution in [0.2, 0.25) is 0 Å². The summed E-state index contributed by atoms with van der Waals surface area (Å²) in [5.41, 5.74) is 0.0253. The molecule has 0 aromatic heterocycles. The molecule has 0 bridgehead atoms. The highest BCUT2D eigenvalue weighted by Gasteiger charge is 2.55. The van der Waals surface area contributed by atoms with E-state index in [0.717, 1.165) is 24.8 Å². The van der Waals surface area contributed by atoms with Crippen molar-refractivity contribution in [2.24, 2.45) is 0 Å². The first kappa shape index (κ1) is 9.89. The zero-order chi connectivity index (χ0) is 11.0. The van der Waals surface area contributed by atoms with Gasteiger partial charge in [-0.05, 0) is 31.4 Å². The summed E-state index contributed by atoms with van der Waals surface area (Å²) in [7, 11) is 0. The number of fused-ring (bicyclic) bond motifs is 1. The Morgan fingerprint density at radius 3 is 2.94 bits per heavy atom. The van der Waals surface area contributed by atoms with E-state index < -0.39 is 5.60 Å². The van der Waals surface area contributed by atoms with Crippen molar-refractivity contribution in [1.29, 1.82) is 0 Å². The van der Waals surface area contributed by atoms with Crippen molar-refractivity contribution in [3.8, 4) is 11.8 Å². The number of hydrogen-bond acceptors (Lipinski definition) is 2. The second-order valence-corrected chi connectivity index (χ2v) is 4.53. The van der Waals surface area contributed by atoms with Crippen LogP contribution in [0.1, 0.15) is 24.8 Å². The molecule has 1 aliphatic carbocycles. The average Bonchev–Trinajstić information content (AvgIpc) is 3.09. The van der Waals surface area contributed by atoms with Gasteiger partial charge < -0.3 is 9.84 Å². The topological polar surface area (TPSA) is 32.8 Å². The molecule has 1 saturated heterocycles. The minimum atomic E-state index is -0.918. The lowest BCUT2D eigenvalue weighted by Gasteiger charge is -2.23. The molecule has 2 fully saturated rings. The number of benzene rings is 1. The summed E-state index contributed by atoms with van der Waals surface area (Å²) < 4.78 is 5.43. The lowest BCUT2D eigenvalue weighted by atomic mass is 9.85. The van der Waals surface area contributed by atoms with Crippen LogP contribution < -0.4 is 0 Å². The second kappa shape index (κ2) is 3.62. The standard InChI is InChI=1S/C14H14O2/c15-14(9-4-7-12-13(14)16-12)10-8-11-5-2-1-3-6-11/h1-3,5-6,12-13,15H,4,7,9H2. The van der Waals surface area contributed by atoms with Gasteiger partial charge in [0.2, 0.25) is 0 Å². The fraction of sp³-hybridized carbons (Fsp3) is 0.429. The Labute approximate surface area is 95.2 Å². The van der Waals surface area contributed by atoms with Gasteiger partial charge in [0.05, 0.1) is 6.10 Å². The van der Waals surface area contributed by atoms with Crippen molar-refractivity contribution >= 4 is 0 Å². The van der Waals surface area contributed by atoms with Crippen molar-refractivity contribution in [3.63, 3.8) is 0 Å². The molecular formula is C14H14O2. The molecule has 3 rings (SSSR count). The smallest absolute Gasteiger partial charge is 0.154 e. The van der Waals surface area contributed by atoms with Gasteiger partial charge in [-0.15, -0.1) is 0 Å². The first-order valence-electron chi connectivity index (χ1n) is 5.74. The molecule has 1 aromatic carbocycles. The molecule has 1 aliphatic heterocycles. The normalized spacial score (nSPS) is 35.8. The van der Waals surface area contributed by atoms with Crippen LogP contribution in [0.3, 0.4) is 0 Å². The van der Waals surface area contributed by atoms with Crippen molar-refractivity contribution in [3.05, 3.63) is 35.9 Å². The molecule has 0 radical (unpaired) electrons. The second-order valence-electron chi connectivity index (χ2n) is 4.53. The van der Waals surface area contributed by atoms with Gasteiger partial charge in [-0.1, -0.05) is 30.0 Å². The van der Waals surface area contributed by atoms with E-state index >= 15 is 0 Å². The summed E-state index contributed by atoms with van der Waals surface area (Å²) >= 11 is 0. The minimum absolute atomic E-state index is 0.0440. The zero-order valence-electron chi connectivity index (χ0n) is 9.02. The molecule has 2 heteroatoms. The Morgan fingerprint density at radius 1 is 1.31 bits per heavy atom. The maximum absolute atomic E-state index is 10.3. The van der Waals surface area contributed by atoms with Gasteiger partial charge in [-0.2, -0.15) is 0 Å². The summed E-state index contributed by atoms with van der Waals surface area (Å²) in [6, 6.07) is 9.76. The summed E-state index contributed by atoms with van der Waals surface area (Å²) in [5, 5.41) is 10.3. The summed E-state index contributed by atoms with van der Waals surface area (Å²) in [5.74, 6) is 6.02. The summed E-state index contributed by atoms with van der Waals surface area (Å²) in [6.45, 7) is 0. The molecule has 2 aliphatic rings. The van der Waals surface area contributed by atoms with E-state index in [2.05, 4.69) is 11.8 Å². The summed E-state index contributed by atoms with van der Waals surface area (Å²) in [4.78, 5) is 0. The van der Waals surface area contributed by atoms with Gasteiger partial charge in [-0.3, -0.25) is 0 Å². The third kappa shape index (κ3) is 1.73. The molecule has 1 N–H and O–H groups in total. The van der Waals surface area contributed by atoms with E-state index in [0.29, 0.717) is 0 Å². The average molecular weight is 214 g/mol. The number of rotatable bonds is 0. The molecule has 1 saturated carbocycles. The quantitative estimate of drug-likeness (QED) is 0.527. The highest BCUT2D eigenvalue weighted by Crippen LogP contribution is 2.42. The molecule has 82 valence electrons. The molecule has 1 aromatic rings. The SMILES string of the molecule is OC1(C#Cc2ccccc2)CCCC2OC21. The Kier molecular flexibility index (Phi) is 2.24. The van der Waals surface area contributed by atoms with Crippen LogP contribution in [0, 0.1) is 11.8 Å². The minimum Gasteiger partial charge on any atom is -0.375 e. The maximum Gasteiger partial charge on any atom is 0.154 e. The fourth-order valence-electron chi connectivity index (χ4n) is 2.33. The van der Waals surface area contributed by atoms with E-state index in [1.807, 2.05) is 30.3 Å². The lowest BCUT2D eigenvalue weighted by molar-refractivity contribution is 0.0556. The number of aliphatic hydroxyl groups is 1. The molecular weight excluding hydrogens is 200 g/mol. The molecule has 3 unspecified atom stereocenters. The fourth-order valence-corrected chi connectivity index (χ4v) is 2.33. The van der Waals surface area contributed by atoms with Crippen molar-refractivity contribution in [2.45, 2.75) is 37.1 Å². The van der Waals surface area contributed by atoms with Gasteiger partial charge in [0, 0.05) is 5.56 Å². The largest absolute Gasteiger partial charge is 0.375 e. The van der Waals surface area contributed by atoms with Crippen molar-refractivity contribution in [1.82, 2.24) is 0 Å². The zero-order valence-corrected chi connectivity index (χ0v) is 9.02. The number of hydrogen-bond donors (Lipinski definition) is 1. The van der Waals surface area contributed by atoms with Crippen LogP contribution in [-0.4, -0.2) is 22.9 Å². The van der Waals surface area contributed by atoms with Crippen LogP contribution >= 0.6 is 0 Å². The van der Waals surface area contributed by atoms with Gasteiger partial charge in [0.15, 0.2) is 5.60 Å². The molecule has 1 heterocycles. The highest BCUT2D eigenvalue weighted by molar-refractivity contribution is 5.37. The predicted octanol–water partition coefficient (Wildman–Crippen LogP) is 1.72. The van der Waals surface area contributed by atoms with Crippen LogP contribution in [0.25, 0.3) is 0 Å². The van der Waals surface area contributed by atoms with Crippen molar-refractivity contribution in [2.75, 3.05) is 0 Å². The Bertz CT molecular complexity index is 443. The third-order valence-electron chi connectivity index (χ3n) is 3.30. The predicted molar refractivity (Wildman–Crippen MR) is 60.8 cm³/mol. The number of ether oxygens (including phenoxy) is 1. The Hall–Kier alpha value is -1.30. The highest BCUT2D eigenvalue weighted by atomic mass is 16.6. The van der Waals surface area contributed by atoms with Gasteiger partial charge in [0.25, 0.3) is 0 Å². The van der Waals surface area contributed by atoms with Crippen LogP contribution in [0.4, 0.5) is 0 Å². The summed E-state index contributed by atoms with van der Waals surface area (Å²) in [6.07, 6.45) is 3.01. The van der Waals surface area contributed by atoms with Crippen LogP contribution in [0.5, 0.6) is 0 Å². The first-order valence-corrected chi connectivity index (χ1v) is 5.74. The Balaban J connectivity index is 1.81. The molecule has 2 nitrogen and oxygen atoms in total. The van der Waals surface area contributed by atoms with Gasteiger partial charge in [-0.25, -0.2) is 0 Å². The Morgan fingerprint density at radius 2 is 2.12 bits per heavy atom. The first-order chi connectivity index (χ1) is 7.78. The van der Waals surface area contributed by atoms with Gasteiger partial charge >= 0.3 is 0 Å². The van der Waals surface area contributed by atoms with E-state index in [1.165, 1.54) is 0 Å². The lowest BCUT2D eigenvalue weighted by Crippen LogP contribution is -2.37. The van der Waals surface area contributed by atoms with E-state index in [1.54, 1.807) is 0 Å². The van der Waals surface area contributed by atoms with Gasteiger partial charge in [0.1, 0.15) is 6.10 Å². The maximum atomic E-state index is 10.3. The van der Waals surface area contributed by atoms with E-state index in [9.17, 15) is 5.11 Å². The van der Waals surface area contributed by atoms with Crippen LogP contribution in [0.15, 0.2) is 30.3 Å². The number of epoxide rings is 1. The third-order valence-corrected chi connectivity index (χ3v) is 3.30. The van der Waals surface area contributed by atoms with Crippen molar-refractivity contribution < 1.29 is 9.84 Å². The molecule has 0 amide bonds. The van der Waals surface area contributed by atoms with E-state index in [4.69, 9.17) is 4.74 Å². The molecule has 0 spiro atoms. The monoisotopic (exact) mass is 214 g/mol.